The smallest absolute Gasteiger partial charge is 0.243 e. The molecule has 0 aliphatic rings. The molecule has 0 unspecified atom stereocenters. The molecule has 0 amide bonds. The molecule has 5 nitrogen and oxygen atoms in total. The molecule has 2 aromatic carbocycles. The average Bonchev–Trinajstić information content (AvgIpc) is 3.03. The molecule has 24 heavy (non-hydrogen) atoms. The number of fused-ring (bicyclic) bond motifs is 1. The monoisotopic (exact) mass is 347 g/mol. The summed E-state index contributed by atoms with van der Waals surface area (Å²) >= 11 is 0. The van der Waals surface area contributed by atoms with Crippen LogP contribution >= 0.6 is 0 Å². The third-order valence-electron chi connectivity index (χ3n) is 4.09. The third kappa shape index (κ3) is 2.92. The summed E-state index contributed by atoms with van der Waals surface area (Å²) in [7, 11) is -3.69. The number of aromatic nitrogens is 2. The van der Waals surface area contributed by atoms with Gasteiger partial charge in [0, 0.05) is 12.6 Å². The summed E-state index contributed by atoms with van der Waals surface area (Å²) < 4.78 is 40.6. The summed E-state index contributed by atoms with van der Waals surface area (Å²) in [5.41, 5.74) is 2.12. The van der Waals surface area contributed by atoms with Crippen molar-refractivity contribution in [3.8, 4) is 0 Å². The predicted octanol–water partition coefficient (Wildman–Crippen LogP) is 3.47. The molecule has 0 fully saturated rings. The molecule has 1 N–H and O–H groups in total. The van der Waals surface area contributed by atoms with E-state index in [2.05, 4.69) is 9.97 Å². The van der Waals surface area contributed by atoms with Crippen LogP contribution in [0.25, 0.3) is 11.0 Å². The van der Waals surface area contributed by atoms with Crippen molar-refractivity contribution in [1.82, 2.24) is 14.3 Å². The summed E-state index contributed by atoms with van der Waals surface area (Å²) in [5.74, 6) is -0.346. The number of nitrogens with zero attached hydrogens (tertiary/aromatic N) is 2. The van der Waals surface area contributed by atoms with E-state index in [-0.39, 0.29) is 10.7 Å². The maximum atomic E-state index is 13.1. The fourth-order valence-corrected chi connectivity index (χ4v) is 4.43. The van der Waals surface area contributed by atoms with Gasteiger partial charge in [0.05, 0.1) is 22.3 Å². The maximum Gasteiger partial charge on any atom is 0.243 e. The van der Waals surface area contributed by atoms with Gasteiger partial charge in [-0.2, -0.15) is 4.31 Å². The van der Waals surface area contributed by atoms with E-state index < -0.39 is 16.1 Å². The van der Waals surface area contributed by atoms with E-state index >= 15 is 0 Å². The third-order valence-corrected chi connectivity index (χ3v) is 6.14. The Morgan fingerprint density at radius 2 is 1.92 bits per heavy atom. The SMILES string of the molecule is CCN([C@@H](C)c1ccc(F)cc1)S(=O)(=O)c1ccc2nc[nH]c2c1. The lowest BCUT2D eigenvalue weighted by molar-refractivity contribution is 0.357. The van der Waals surface area contributed by atoms with E-state index in [1.807, 2.05) is 0 Å². The zero-order chi connectivity index (χ0) is 17.3. The van der Waals surface area contributed by atoms with Gasteiger partial charge < -0.3 is 4.98 Å². The van der Waals surface area contributed by atoms with Crippen LogP contribution in [-0.2, 0) is 10.0 Å². The van der Waals surface area contributed by atoms with Crippen LogP contribution < -0.4 is 0 Å². The fraction of sp³-hybridized carbons (Fsp3) is 0.235. The van der Waals surface area contributed by atoms with Gasteiger partial charge in [0.15, 0.2) is 0 Å². The molecule has 0 spiro atoms. The molecule has 7 heteroatoms. The fourth-order valence-electron chi connectivity index (χ4n) is 2.77. The lowest BCUT2D eigenvalue weighted by Gasteiger charge is -2.27. The summed E-state index contributed by atoms with van der Waals surface area (Å²) in [6, 6.07) is 10.3. The van der Waals surface area contributed by atoms with E-state index in [4.69, 9.17) is 0 Å². The van der Waals surface area contributed by atoms with Crippen LogP contribution in [-0.4, -0.2) is 29.2 Å². The van der Waals surface area contributed by atoms with Crippen LogP contribution in [0.5, 0.6) is 0 Å². The highest BCUT2D eigenvalue weighted by atomic mass is 32.2. The quantitative estimate of drug-likeness (QED) is 0.768. The molecular weight excluding hydrogens is 329 g/mol. The Labute approximate surface area is 140 Å². The zero-order valence-corrected chi connectivity index (χ0v) is 14.2. The maximum absolute atomic E-state index is 13.1. The second-order valence-corrected chi connectivity index (χ2v) is 7.41. The highest BCUT2D eigenvalue weighted by Gasteiger charge is 2.29. The van der Waals surface area contributed by atoms with Crippen molar-refractivity contribution < 1.29 is 12.8 Å². The van der Waals surface area contributed by atoms with Gasteiger partial charge in [0.25, 0.3) is 0 Å². The van der Waals surface area contributed by atoms with E-state index in [9.17, 15) is 12.8 Å². The molecular formula is C17H18FN3O2S. The molecule has 0 aliphatic carbocycles. The van der Waals surface area contributed by atoms with Crippen LogP contribution in [0.1, 0.15) is 25.5 Å². The number of hydrogen-bond acceptors (Lipinski definition) is 3. The first-order chi connectivity index (χ1) is 11.4. The van der Waals surface area contributed by atoms with Gasteiger partial charge in [-0.3, -0.25) is 0 Å². The minimum Gasteiger partial charge on any atom is -0.345 e. The number of sulfonamides is 1. The number of benzene rings is 2. The number of imidazole rings is 1. The molecule has 3 rings (SSSR count). The predicted molar refractivity (Wildman–Crippen MR) is 90.5 cm³/mol. The standard InChI is InChI=1S/C17H18FN3O2S/c1-3-21(12(2)13-4-6-14(18)7-5-13)24(22,23)15-8-9-16-17(10-15)20-11-19-16/h4-12H,3H2,1-2H3,(H,19,20)/t12-/m0/s1. The van der Waals surface area contributed by atoms with Crippen LogP contribution in [0.15, 0.2) is 53.7 Å². The minimum absolute atomic E-state index is 0.204. The molecule has 1 aromatic heterocycles. The topological polar surface area (TPSA) is 66.1 Å². The van der Waals surface area contributed by atoms with Crippen molar-refractivity contribution in [3.05, 3.63) is 60.2 Å². The summed E-state index contributed by atoms with van der Waals surface area (Å²) in [5, 5.41) is 0. The van der Waals surface area contributed by atoms with Crippen molar-refractivity contribution in [1.29, 1.82) is 0 Å². The normalized spacial score (nSPS) is 13.5. The molecule has 0 bridgehead atoms. The number of halogens is 1. The first-order valence-electron chi connectivity index (χ1n) is 7.64. The highest BCUT2D eigenvalue weighted by molar-refractivity contribution is 7.89. The number of nitrogens with one attached hydrogen (secondary N) is 1. The van der Waals surface area contributed by atoms with Gasteiger partial charge in [-0.1, -0.05) is 19.1 Å². The van der Waals surface area contributed by atoms with Gasteiger partial charge in [-0.25, -0.2) is 17.8 Å². The lowest BCUT2D eigenvalue weighted by atomic mass is 10.1. The van der Waals surface area contributed by atoms with Crippen LogP contribution in [0.2, 0.25) is 0 Å². The Kier molecular flexibility index (Phi) is 4.38. The Morgan fingerprint density at radius 1 is 1.21 bits per heavy atom. The number of H-pyrrole nitrogens is 1. The second-order valence-electron chi connectivity index (χ2n) is 5.52. The molecule has 126 valence electrons. The largest absolute Gasteiger partial charge is 0.345 e. The summed E-state index contributed by atoms with van der Waals surface area (Å²) in [4.78, 5) is 7.22. The Morgan fingerprint density at radius 3 is 2.58 bits per heavy atom. The van der Waals surface area contributed by atoms with Crippen molar-refractivity contribution in [2.75, 3.05) is 6.54 Å². The van der Waals surface area contributed by atoms with E-state index in [1.54, 1.807) is 44.2 Å². The summed E-state index contributed by atoms with van der Waals surface area (Å²) in [6.45, 7) is 3.89. The van der Waals surface area contributed by atoms with Crippen molar-refractivity contribution in [2.45, 2.75) is 24.8 Å². The Hall–Kier alpha value is -2.25. The molecule has 1 heterocycles. The van der Waals surface area contributed by atoms with Crippen LogP contribution in [0.3, 0.4) is 0 Å². The Balaban J connectivity index is 1.99. The van der Waals surface area contributed by atoms with Gasteiger partial charge >= 0.3 is 0 Å². The van der Waals surface area contributed by atoms with Gasteiger partial charge in [-0.05, 0) is 42.8 Å². The van der Waals surface area contributed by atoms with Gasteiger partial charge in [0.1, 0.15) is 5.82 Å². The van der Waals surface area contributed by atoms with Crippen molar-refractivity contribution in [2.24, 2.45) is 0 Å². The molecule has 0 radical (unpaired) electrons. The van der Waals surface area contributed by atoms with Crippen LogP contribution in [0, 0.1) is 5.82 Å². The van der Waals surface area contributed by atoms with Crippen molar-refractivity contribution in [3.63, 3.8) is 0 Å². The van der Waals surface area contributed by atoms with Gasteiger partial charge in [-0.15, -0.1) is 0 Å². The molecule has 0 saturated heterocycles. The van der Waals surface area contributed by atoms with Gasteiger partial charge in [0.2, 0.25) is 10.0 Å². The lowest BCUT2D eigenvalue weighted by Crippen LogP contribution is -2.33. The minimum atomic E-state index is -3.69. The number of aromatic amines is 1. The van der Waals surface area contributed by atoms with E-state index in [0.717, 1.165) is 5.56 Å². The molecule has 0 saturated carbocycles. The first kappa shape index (κ1) is 16.6. The molecule has 1 atom stereocenters. The van der Waals surface area contributed by atoms with E-state index in [0.29, 0.717) is 17.6 Å². The highest BCUT2D eigenvalue weighted by Crippen LogP contribution is 2.28. The van der Waals surface area contributed by atoms with Crippen molar-refractivity contribution >= 4 is 21.1 Å². The average molecular weight is 347 g/mol. The number of hydrogen-bond donors (Lipinski definition) is 1. The summed E-state index contributed by atoms with van der Waals surface area (Å²) in [6.07, 6.45) is 1.53. The second kappa shape index (κ2) is 6.33. The van der Waals surface area contributed by atoms with Crippen LogP contribution in [0.4, 0.5) is 4.39 Å². The first-order valence-corrected chi connectivity index (χ1v) is 9.08. The molecule has 3 aromatic rings. The van der Waals surface area contributed by atoms with E-state index in [1.165, 1.54) is 22.8 Å². The molecule has 0 aliphatic heterocycles. The zero-order valence-electron chi connectivity index (χ0n) is 13.4. The number of rotatable bonds is 5. The Bertz CT molecular complexity index is 951.